The third kappa shape index (κ3) is 5.53. The molecule has 0 radical (unpaired) electrons. The molecule has 1 fully saturated rings. The number of pyridine rings is 2. The second-order valence-corrected chi connectivity index (χ2v) is 9.19. The van der Waals surface area contributed by atoms with E-state index in [0.29, 0.717) is 37.3 Å². The van der Waals surface area contributed by atoms with Crippen LogP contribution < -0.4 is 15.6 Å². The molecule has 184 valence electrons. The average Bonchev–Trinajstić information content (AvgIpc) is 2.85. The summed E-state index contributed by atoms with van der Waals surface area (Å²) in [5.74, 6) is -0.413. The highest BCUT2D eigenvalue weighted by molar-refractivity contribution is 7.17. The number of carbonyl (C=O) groups is 1. The van der Waals surface area contributed by atoms with E-state index >= 15 is 0 Å². The van der Waals surface area contributed by atoms with Gasteiger partial charge < -0.3 is 19.9 Å². The summed E-state index contributed by atoms with van der Waals surface area (Å²) in [4.78, 5) is 32.7. The summed E-state index contributed by atoms with van der Waals surface area (Å²) in [5.41, 5.74) is 0.960. The average molecular weight is 497 g/mol. The van der Waals surface area contributed by atoms with Crippen molar-refractivity contribution in [2.75, 3.05) is 32.8 Å². The maximum Gasteiger partial charge on any atom is 0.268 e. The fraction of sp³-hybridized carbons (Fsp3) is 0.320. The second-order valence-electron chi connectivity index (χ2n) is 8.25. The van der Waals surface area contributed by atoms with Crippen molar-refractivity contribution < 1.29 is 19.4 Å². The maximum atomic E-state index is 13.3. The monoisotopic (exact) mass is 496 g/mol. The summed E-state index contributed by atoms with van der Waals surface area (Å²) >= 11 is 0. The Balaban J connectivity index is 1.78. The molecule has 1 aromatic carbocycles. The van der Waals surface area contributed by atoms with E-state index in [4.69, 9.17) is 9.47 Å². The third-order valence-electron chi connectivity index (χ3n) is 5.79. The van der Waals surface area contributed by atoms with Crippen molar-refractivity contribution in [2.45, 2.75) is 19.3 Å². The molecule has 4 rings (SSSR count). The van der Waals surface area contributed by atoms with E-state index in [0.717, 1.165) is 30.0 Å². The van der Waals surface area contributed by atoms with Crippen LogP contribution in [0.5, 0.6) is 11.5 Å². The Labute approximate surface area is 205 Å². The number of morpholine rings is 1. The molecule has 2 unspecified atom stereocenters. The van der Waals surface area contributed by atoms with E-state index in [1.165, 1.54) is 10.8 Å². The number of amides is 1. The minimum Gasteiger partial charge on any atom is -0.506 e. The van der Waals surface area contributed by atoms with Gasteiger partial charge in [0.1, 0.15) is 28.6 Å². The van der Waals surface area contributed by atoms with Crippen LogP contribution >= 0.6 is 9.24 Å². The Morgan fingerprint density at radius 2 is 2.00 bits per heavy atom. The molecular weight excluding hydrogens is 467 g/mol. The van der Waals surface area contributed by atoms with Crippen LogP contribution in [0.1, 0.15) is 17.3 Å². The van der Waals surface area contributed by atoms with Gasteiger partial charge in [0.25, 0.3) is 11.5 Å². The zero-order chi connectivity index (χ0) is 24.9. The van der Waals surface area contributed by atoms with Crippen LogP contribution in [0.4, 0.5) is 0 Å². The number of rotatable bonds is 8. The van der Waals surface area contributed by atoms with Crippen LogP contribution in [-0.2, 0) is 11.3 Å². The standard InChI is InChI=1S/C25H29N4O5P/c1-3-26-24(31)21-22(30)20-14-18(17-4-6-19(7-5-17)34-16(2)35)15-27-23(20)29(25(21)32)9-8-28-10-12-33-13-11-28/h3-7,14-16,30H,1,8-13,35H2,2H3,(H,26,31). The molecule has 0 aliphatic carbocycles. The van der Waals surface area contributed by atoms with Gasteiger partial charge in [0.15, 0.2) is 0 Å². The summed E-state index contributed by atoms with van der Waals surface area (Å²) < 4.78 is 12.5. The summed E-state index contributed by atoms with van der Waals surface area (Å²) in [7, 11) is 2.58. The Morgan fingerprint density at radius 1 is 1.29 bits per heavy atom. The number of aromatic hydroxyl groups is 1. The Kier molecular flexibility index (Phi) is 7.80. The molecule has 3 heterocycles. The van der Waals surface area contributed by atoms with E-state index in [-0.39, 0.29) is 11.4 Å². The molecule has 0 spiro atoms. The predicted octanol–water partition coefficient (Wildman–Crippen LogP) is 2.57. The van der Waals surface area contributed by atoms with Gasteiger partial charge in [-0.1, -0.05) is 28.0 Å². The van der Waals surface area contributed by atoms with Crippen LogP contribution in [-0.4, -0.2) is 64.2 Å². The van der Waals surface area contributed by atoms with Gasteiger partial charge in [-0.15, -0.1) is 0 Å². The lowest BCUT2D eigenvalue weighted by Gasteiger charge is -2.27. The molecule has 1 amide bonds. The van der Waals surface area contributed by atoms with E-state index in [1.807, 2.05) is 31.2 Å². The fourth-order valence-electron chi connectivity index (χ4n) is 4.06. The highest BCUT2D eigenvalue weighted by Crippen LogP contribution is 2.30. The van der Waals surface area contributed by atoms with Crippen LogP contribution in [0.25, 0.3) is 22.2 Å². The minimum atomic E-state index is -0.719. The number of fused-ring (bicyclic) bond motifs is 1. The third-order valence-corrected chi connectivity index (χ3v) is 5.92. The molecule has 10 heteroatoms. The Hall–Kier alpha value is -3.26. The molecular formula is C25H29N4O5P. The van der Waals surface area contributed by atoms with Crippen molar-refractivity contribution in [1.82, 2.24) is 19.8 Å². The van der Waals surface area contributed by atoms with Gasteiger partial charge in [-0.2, -0.15) is 0 Å². The molecule has 1 saturated heterocycles. The van der Waals surface area contributed by atoms with Gasteiger partial charge in [-0.05, 0) is 36.9 Å². The first kappa shape index (κ1) is 24.9. The first-order valence-electron chi connectivity index (χ1n) is 11.4. The number of hydrogen-bond acceptors (Lipinski definition) is 7. The highest BCUT2D eigenvalue weighted by atomic mass is 31.0. The Bertz CT molecular complexity index is 1280. The van der Waals surface area contributed by atoms with Gasteiger partial charge in [0.05, 0.1) is 18.6 Å². The molecule has 1 aliphatic rings. The summed E-state index contributed by atoms with van der Waals surface area (Å²) in [6.07, 6.45) is 2.83. The quantitative estimate of drug-likeness (QED) is 0.462. The lowest BCUT2D eigenvalue weighted by atomic mass is 10.0. The van der Waals surface area contributed by atoms with Crippen LogP contribution in [0.3, 0.4) is 0 Å². The number of benzene rings is 1. The summed E-state index contributed by atoms with van der Waals surface area (Å²) in [6.45, 7) is 9.12. The molecule has 2 atom stereocenters. The molecule has 2 N–H and O–H groups in total. The summed E-state index contributed by atoms with van der Waals surface area (Å²) in [6, 6.07) is 9.23. The number of nitrogens with one attached hydrogen (secondary N) is 1. The van der Waals surface area contributed by atoms with Crippen molar-refractivity contribution in [3.8, 4) is 22.6 Å². The predicted molar refractivity (Wildman–Crippen MR) is 138 cm³/mol. The van der Waals surface area contributed by atoms with Gasteiger partial charge >= 0.3 is 0 Å². The zero-order valence-electron chi connectivity index (χ0n) is 19.6. The van der Waals surface area contributed by atoms with Crippen LogP contribution in [0, 0.1) is 0 Å². The number of nitrogens with zero attached hydrogens (tertiary/aromatic N) is 3. The molecule has 3 aromatic rings. The Morgan fingerprint density at radius 3 is 2.66 bits per heavy atom. The molecule has 9 nitrogen and oxygen atoms in total. The number of aromatic nitrogens is 2. The SMILES string of the molecule is C=CNC(=O)c1c(O)c2cc(-c3ccc(OC(C)P)cc3)cnc2n(CCN2CCOCC2)c1=O. The first-order chi connectivity index (χ1) is 16.9. The highest BCUT2D eigenvalue weighted by Gasteiger charge is 2.23. The fourth-order valence-corrected chi connectivity index (χ4v) is 4.21. The number of hydrogen-bond donors (Lipinski definition) is 2. The topological polar surface area (TPSA) is 106 Å². The number of carbonyl (C=O) groups excluding carboxylic acids is 1. The molecule has 1 aliphatic heterocycles. The molecule has 2 aromatic heterocycles. The van der Waals surface area contributed by atoms with Gasteiger partial charge in [-0.25, -0.2) is 4.98 Å². The van der Waals surface area contributed by atoms with Crippen LogP contribution in [0.15, 0.2) is 54.1 Å². The van der Waals surface area contributed by atoms with Crippen LogP contribution in [0.2, 0.25) is 0 Å². The number of ether oxygens (including phenoxy) is 2. The summed E-state index contributed by atoms with van der Waals surface area (Å²) in [5, 5.41) is 13.7. The zero-order valence-corrected chi connectivity index (χ0v) is 20.7. The van der Waals surface area contributed by atoms with E-state index in [2.05, 4.69) is 31.0 Å². The van der Waals surface area contributed by atoms with Crippen molar-refractivity contribution in [2.24, 2.45) is 0 Å². The van der Waals surface area contributed by atoms with Gasteiger partial charge in [0.2, 0.25) is 0 Å². The first-order valence-corrected chi connectivity index (χ1v) is 12.1. The van der Waals surface area contributed by atoms with Crippen molar-refractivity contribution in [3.05, 3.63) is 65.2 Å². The minimum absolute atomic E-state index is 0.0190. The van der Waals surface area contributed by atoms with Crippen molar-refractivity contribution in [3.63, 3.8) is 0 Å². The van der Waals surface area contributed by atoms with E-state index in [9.17, 15) is 14.7 Å². The molecule has 0 saturated carbocycles. The van der Waals surface area contributed by atoms with E-state index in [1.54, 1.807) is 12.3 Å². The van der Waals surface area contributed by atoms with E-state index < -0.39 is 17.2 Å². The second kappa shape index (κ2) is 11.0. The smallest absolute Gasteiger partial charge is 0.268 e. The van der Waals surface area contributed by atoms with Crippen molar-refractivity contribution >= 4 is 26.2 Å². The lowest BCUT2D eigenvalue weighted by molar-refractivity contribution is 0.0364. The lowest BCUT2D eigenvalue weighted by Crippen LogP contribution is -2.40. The van der Waals surface area contributed by atoms with Gasteiger partial charge in [0, 0.05) is 37.9 Å². The van der Waals surface area contributed by atoms with Crippen molar-refractivity contribution in [1.29, 1.82) is 0 Å². The largest absolute Gasteiger partial charge is 0.506 e. The normalized spacial score (nSPS) is 15.0. The van der Waals surface area contributed by atoms with Gasteiger partial charge in [-0.3, -0.25) is 19.1 Å². The maximum absolute atomic E-state index is 13.3. The molecule has 0 bridgehead atoms. The molecule has 35 heavy (non-hydrogen) atoms.